The second kappa shape index (κ2) is 9.64. The molecule has 5 heteroatoms. The largest absolute Gasteiger partial charge is 0.480 e. The molecule has 0 rings (SSSR count). The number of hydrogen-bond acceptors (Lipinski definition) is 2. The van der Waals surface area contributed by atoms with Crippen LogP contribution < -0.4 is 5.32 Å². The normalized spacial score (nSPS) is 11.5. The number of urea groups is 1. The number of likely N-dealkylation sites (N-methyl/N-ethyl adjacent to an activating group) is 1. The van der Waals surface area contributed by atoms with E-state index in [4.69, 9.17) is 0 Å². The maximum Gasteiger partial charge on any atom is 0.329 e. The summed E-state index contributed by atoms with van der Waals surface area (Å²) in [4.78, 5) is 24.6. The average Bonchev–Trinajstić information content (AvgIpc) is 2.37. The molecule has 0 aromatic rings. The fourth-order valence-corrected chi connectivity index (χ4v) is 2.23. The summed E-state index contributed by atoms with van der Waals surface area (Å²) in [7, 11) is 0. The lowest BCUT2D eigenvalue weighted by molar-refractivity contribution is -0.147. The predicted molar refractivity (Wildman–Crippen MR) is 85.4 cm³/mol. The van der Waals surface area contributed by atoms with Crippen molar-refractivity contribution in [3.8, 4) is 0 Å². The number of amides is 2. The molecule has 0 fully saturated rings. The number of unbranched alkanes of at least 4 members (excludes halogenated alkanes) is 3. The Bertz CT molecular complexity index is 327. The van der Waals surface area contributed by atoms with Gasteiger partial charge in [0, 0.05) is 13.1 Å². The highest BCUT2D eigenvalue weighted by Gasteiger charge is 2.36. The molecule has 0 aromatic heterocycles. The number of rotatable bonds is 10. The number of aliphatic carboxylic acids is 1. The van der Waals surface area contributed by atoms with Crippen molar-refractivity contribution in [2.24, 2.45) is 5.92 Å². The zero-order chi connectivity index (χ0) is 16.5. The van der Waals surface area contributed by atoms with Gasteiger partial charge in [-0.15, -0.1) is 0 Å². The van der Waals surface area contributed by atoms with Crippen molar-refractivity contribution in [2.75, 3.05) is 13.1 Å². The van der Waals surface area contributed by atoms with Gasteiger partial charge in [0.1, 0.15) is 5.54 Å². The molecule has 0 aliphatic rings. The van der Waals surface area contributed by atoms with E-state index in [2.05, 4.69) is 19.2 Å². The zero-order valence-electron chi connectivity index (χ0n) is 14.2. The third kappa shape index (κ3) is 7.34. The van der Waals surface area contributed by atoms with Gasteiger partial charge in [-0.3, -0.25) is 0 Å². The van der Waals surface area contributed by atoms with E-state index < -0.39 is 11.5 Å². The first kappa shape index (κ1) is 19.7. The number of carbonyl (C=O) groups excluding carboxylic acids is 1. The molecule has 0 heterocycles. The van der Waals surface area contributed by atoms with E-state index in [0.29, 0.717) is 13.1 Å². The molecule has 0 saturated carbocycles. The SMILES string of the molecule is CCN(C(=O)NCCCCCCC(C)C)C(C)(C)C(=O)O. The first-order chi connectivity index (χ1) is 9.73. The van der Waals surface area contributed by atoms with Crippen molar-refractivity contribution in [3.63, 3.8) is 0 Å². The van der Waals surface area contributed by atoms with Gasteiger partial charge in [0.05, 0.1) is 0 Å². The van der Waals surface area contributed by atoms with E-state index in [-0.39, 0.29) is 6.03 Å². The van der Waals surface area contributed by atoms with Gasteiger partial charge >= 0.3 is 12.0 Å². The van der Waals surface area contributed by atoms with Crippen molar-refractivity contribution in [1.29, 1.82) is 0 Å². The molecule has 21 heavy (non-hydrogen) atoms. The summed E-state index contributed by atoms with van der Waals surface area (Å²) >= 11 is 0. The zero-order valence-corrected chi connectivity index (χ0v) is 14.2. The molecule has 0 atom stereocenters. The van der Waals surface area contributed by atoms with Gasteiger partial charge in [0.25, 0.3) is 0 Å². The number of hydrogen-bond donors (Lipinski definition) is 2. The summed E-state index contributed by atoms with van der Waals surface area (Å²) in [5, 5.41) is 12.0. The van der Waals surface area contributed by atoms with Gasteiger partial charge in [0.2, 0.25) is 0 Å². The molecule has 0 aromatic carbocycles. The summed E-state index contributed by atoms with van der Waals surface area (Å²) in [6.07, 6.45) is 5.71. The van der Waals surface area contributed by atoms with Crippen molar-refractivity contribution in [3.05, 3.63) is 0 Å². The third-order valence-corrected chi connectivity index (χ3v) is 3.74. The molecule has 0 aliphatic heterocycles. The predicted octanol–water partition coefficient (Wildman–Crippen LogP) is 3.49. The lowest BCUT2D eigenvalue weighted by Gasteiger charge is -2.34. The Kier molecular flexibility index (Phi) is 9.06. The van der Waals surface area contributed by atoms with Crippen LogP contribution in [0.1, 0.15) is 66.7 Å². The number of nitrogens with one attached hydrogen (secondary N) is 1. The van der Waals surface area contributed by atoms with E-state index in [1.807, 2.05) is 0 Å². The summed E-state index contributed by atoms with van der Waals surface area (Å²) in [5.41, 5.74) is -1.18. The van der Waals surface area contributed by atoms with Crippen LogP contribution in [0.3, 0.4) is 0 Å². The molecule has 0 radical (unpaired) electrons. The topological polar surface area (TPSA) is 69.6 Å². The Morgan fingerprint density at radius 1 is 1.14 bits per heavy atom. The molecule has 0 spiro atoms. The van der Waals surface area contributed by atoms with Gasteiger partial charge in [0.15, 0.2) is 0 Å². The second-order valence-corrected chi connectivity index (χ2v) is 6.44. The molecule has 5 nitrogen and oxygen atoms in total. The molecule has 2 amide bonds. The monoisotopic (exact) mass is 300 g/mol. The molecule has 0 saturated heterocycles. The summed E-state index contributed by atoms with van der Waals surface area (Å²) in [6.45, 7) is 10.3. The van der Waals surface area contributed by atoms with Crippen LogP contribution in [-0.4, -0.2) is 40.6 Å². The van der Waals surface area contributed by atoms with Crippen LogP contribution in [0.15, 0.2) is 0 Å². The Morgan fingerprint density at radius 2 is 1.71 bits per heavy atom. The van der Waals surface area contributed by atoms with Crippen LogP contribution >= 0.6 is 0 Å². The minimum Gasteiger partial charge on any atom is -0.480 e. The number of carbonyl (C=O) groups is 2. The van der Waals surface area contributed by atoms with Gasteiger partial charge < -0.3 is 15.3 Å². The fraction of sp³-hybridized carbons (Fsp3) is 0.875. The number of nitrogens with zero attached hydrogens (tertiary/aromatic N) is 1. The lowest BCUT2D eigenvalue weighted by atomic mass is 10.0. The Morgan fingerprint density at radius 3 is 2.19 bits per heavy atom. The van der Waals surface area contributed by atoms with E-state index in [1.165, 1.54) is 24.2 Å². The van der Waals surface area contributed by atoms with Crippen LogP contribution in [0, 0.1) is 5.92 Å². The average molecular weight is 300 g/mol. The Hall–Kier alpha value is -1.26. The highest BCUT2D eigenvalue weighted by Crippen LogP contribution is 2.14. The van der Waals surface area contributed by atoms with Crippen LogP contribution in [0.5, 0.6) is 0 Å². The number of carboxylic acid groups (broad SMARTS) is 1. The van der Waals surface area contributed by atoms with Gasteiger partial charge in [-0.1, -0.05) is 39.5 Å². The van der Waals surface area contributed by atoms with Crippen LogP contribution in [-0.2, 0) is 4.79 Å². The molecule has 124 valence electrons. The van der Waals surface area contributed by atoms with Gasteiger partial charge in [-0.2, -0.15) is 0 Å². The molecular formula is C16H32N2O3. The Labute approximate surface area is 129 Å². The van der Waals surface area contributed by atoms with Crippen LogP contribution in [0.4, 0.5) is 4.79 Å². The smallest absolute Gasteiger partial charge is 0.329 e. The van der Waals surface area contributed by atoms with Gasteiger partial charge in [-0.25, -0.2) is 9.59 Å². The maximum absolute atomic E-state index is 12.1. The lowest BCUT2D eigenvalue weighted by Crippen LogP contribution is -2.56. The van der Waals surface area contributed by atoms with Crippen LogP contribution in [0.25, 0.3) is 0 Å². The van der Waals surface area contributed by atoms with Crippen molar-refractivity contribution in [1.82, 2.24) is 10.2 Å². The van der Waals surface area contributed by atoms with Crippen LogP contribution in [0.2, 0.25) is 0 Å². The van der Waals surface area contributed by atoms with Crippen molar-refractivity contribution in [2.45, 2.75) is 72.3 Å². The Balaban J connectivity index is 3.99. The molecule has 0 bridgehead atoms. The first-order valence-corrected chi connectivity index (χ1v) is 8.02. The van der Waals surface area contributed by atoms with Gasteiger partial charge in [-0.05, 0) is 33.1 Å². The second-order valence-electron chi connectivity index (χ2n) is 6.44. The molecule has 2 N–H and O–H groups in total. The fourth-order valence-electron chi connectivity index (χ4n) is 2.23. The highest BCUT2D eigenvalue weighted by molar-refractivity contribution is 5.85. The quantitative estimate of drug-likeness (QED) is 0.607. The van der Waals surface area contributed by atoms with E-state index in [1.54, 1.807) is 20.8 Å². The molecule has 0 unspecified atom stereocenters. The first-order valence-electron chi connectivity index (χ1n) is 8.02. The maximum atomic E-state index is 12.1. The summed E-state index contributed by atoms with van der Waals surface area (Å²) < 4.78 is 0. The third-order valence-electron chi connectivity index (χ3n) is 3.74. The summed E-state index contributed by atoms with van der Waals surface area (Å²) in [5.74, 6) is -0.241. The highest BCUT2D eigenvalue weighted by atomic mass is 16.4. The van der Waals surface area contributed by atoms with E-state index in [9.17, 15) is 14.7 Å². The minimum atomic E-state index is -1.18. The standard InChI is InChI=1S/C16H32N2O3/c1-6-18(16(4,5)14(19)20)15(21)17-12-10-8-7-9-11-13(2)3/h13H,6-12H2,1-5H3,(H,17,21)(H,19,20). The van der Waals surface area contributed by atoms with Crippen molar-refractivity contribution >= 4 is 12.0 Å². The molecule has 0 aliphatic carbocycles. The van der Waals surface area contributed by atoms with E-state index >= 15 is 0 Å². The van der Waals surface area contributed by atoms with Crippen molar-refractivity contribution < 1.29 is 14.7 Å². The number of carboxylic acids is 1. The molecular weight excluding hydrogens is 268 g/mol. The van der Waals surface area contributed by atoms with E-state index in [0.717, 1.165) is 18.8 Å². The minimum absolute atomic E-state index is 0.299. The summed E-state index contributed by atoms with van der Waals surface area (Å²) in [6, 6.07) is -0.299.